The van der Waals surface area contributed by atoms with Gasteiger partial charge in [-0.2, -0.15) is 0 Å². The number of anilines is 1. The number of carboxylic acid groups (broad SMARTS) is 1. The van der Waals surface area contributed by atoms with E-state index in [0.717, 1.165) is 22.5 Å². The number of fused-ring (bicyclic) bond motifs is 1. The first-order valence-corrected chi connectivity index (χ1v) is 8.48. The topological polar surface area (TPSA) is 101 Å². The molecular formula is C17H16N2O4S. The molecule has 1 saturated heterocycles. The molecule has 1 aliphatic heterocycles. The van der Waals surface area contributed by atoms with E-state index in [-0.39, 0.29) is 24.0 Å². The number of hydrogen-bond donors (Lipinski definition) is 2. The van der Waals surface area contributed by atoms with Gasteiger partial charge in [0.05, 0.1) is 10.9 Å². The van der Waals surface area contributed by atoms with Crippen LogP contribution in [0.25, 0.3) is 10.8 Å². The van der Waals surface area contributed by atoms with Gasteiger partial charge in [0.25, 0.3) is 0 Å². The van der Waals surface area contributed by atoms with E-state index in [9.17, 15) is 14.4 Å². The minimum atomic E-state index is -1.12. The van der Waals surface area contributed by atoms with Gasteiger partial charge in [0.15, 0.2) is 0 Å². The van der Waals surface area contributed by atoms with Crippen molar-refractivity contribution in [3.05, 3.63) is 42.5 Å². The van der Waals surface area contributed by atoms with Gasteiger partial charge in [0.1, 0.15) is 6.04 Å². The van der Waals surface area contributed by atoms with Gasteiger partial charge in [0.2, 0.25) is 11.8 Å². The number of carboxylic acids is 1. The second-order valence-corrected chi connectivity index (χ2v) is 6.81. The van der Waals surface area contributed by atoms with Crippen molar-refractivity contribution in [3.8, 4) is 0 Å². The second kappa shape index (κ2) is 6.62. The number of imide groups is 1. The summed E-state index contributed by atoms with van der Waals surface area (Å²) in [5.74, 6) is -1.63. The number of nitrogens with zero attached hydrogens (tertiary/aromatic N) is 1. The van der Waals surface area contributed by atoms with Gasteiger partial charge in [-0.15, -0.1) is 11.8 Å². The fourth-order valence-electron chi connectivity index (χ4n) is 2.61. The third-order valence-corrected chi connectivity index (χ3v) is 5.21. The normalized spacial score (nSPS) is 19.0. The Kier molecular flexibility index (Phi) is 4.55. The highest BCUT2D eigenvalue weighted by Gasteiger charge is 2.40. The number of carbonyl (C=O) groups excluding carboxylic acids is 2. The van der Waals surface area contributed by atoms with Gasteiger partial charge in [0, 0.05) is 12.2 Å². The summed E-state index contributed by atoms with van der Waals surface area (Å²) in [6.45, 7) is 0. The average Bonchev–Trinajstić information content (AvgIpc) is 2.86. The first-order chi connectivity index (χ1) is 11.5. The zero-order valence-corrected chi connectivity index (χ0v) is 13.5. The monoisotopic (exact) mass is 344 g/mol. The molecule has 0 saturated carbocycles. The molecule has 1 heterocycles. The predicted molar refractivity (Wildman–Crippen MR) is 92.9 cm³/mol. The van der Waals surface area contributed by atoms with E-state index < -0.39 is 17.3 Å². The van der Waals surface area contributed by atoms with Crippen LogP contribution in [0, 0.1) is 0 Å². The van der Waals surface area contributed by atoms with Crippen molar-refractivity contribution in [1.82, 2.24) is 0 Å². The maximum absolute atomic E-state index is 12.5. The molecule has 1 fully saturated rings. The summed E-state index contributed by atoms with van der Waals surface area (Å²) < 4.78 is 0. The van der Waals surface area contributed by atoms with Gasteiger partial charge < -0.3 is 10.8 Å². The quantitative estimate of drug-likeness (QED) is 0.799. The molecule has 2 aromatic rings. The summed E-state index contributed by atoms with van der Waals surface area (Å²) in [7, 11) is 0. The summed E-state index contributed by atoms with van der Waals surface area (Å²) in [5.41, 5.74) is 5.99. The largest absolute Gasteiger partial charge is 0.480 e. The summed E-state index contributed by atoms with van der Waals surface area (Å²) in [6.07, 6.45) is 0.0582. The van der Waals surface area contributed by atoms with Crippen molar-refractivity contribution in [2.24, 2.45) is 5.73 Å². The van der Waals surface area contributed by atoms with Gasteiger partial charge in [-0.3, -0.25) is 14.4 Å². The molecule has 2 aromatic carbocycles. The van der Waals surface area contributed by atoms with Crippen molar-refractivity contribution >= 4 is 46.0 Å². The van der Waals surface area contributed by atoms with Gasteiger partial charge in [-0.1, -0.05) is 30.3 Å². The minimum absolute atomic E-state index is 0.0582. The number of aliphatic carboxylic acids is 1. The number of rotatable bonds is 5. The molecule has 7 heteroatoms. The first kappa shape index (κ1) is 16.5. The highest BCUT2D eigenvalue weighted by molar-refractivity contribution is 8.00. The van der Waals surface area contributed by atoms with Crippen LogP contribution in [0.3, 0.4) is 0 Å². The number of benzene rings is 2. The number of carbonyl (C=O) groups is 3. The maximum atomic E-state index is 12.5. The van der Waals surface area contributed by atoms with Gasteiger partial charge >= 0.3 is 5.97 Å². The van der Waals surface area contributed by atoms with Crippen LogP contribution in [0.4, 0.5) is 5.69 Å². The Balaban J connectivity index is 1.79. The van der Waals surface area contributed by atoms with Gasteiger partial charge in [-0.05, 0) is 22.9 Å². The van der Waals surface area contributed by atoms with Crippen LogP contribution in [-0.4, -0.2) is 39.9 Å². The SMILES string of the molecule is NC(CSC1CC(=O)N(c2ccc3ccccc3c2)C1=O)C(=O)O. The zero-order valence-electron chi connectivity index (χ0n) is 12.7. The smallest absolute Gasteiger partial charge is 0.321 e. The van der Waals surface area contributed by atoms with E-state index >= 15 is 0 Å². The first-order valence-electron chi connectivity index (χ1n) is 7.43. The molecule has 0 aliphatic carbocycles. The molecule has 124 valence electrons. The van der Waals surface area contributed by atoms with E-state index in [1.807, 2.05) is 30.3 Å². The Labute approximate surface area is 142 Å². The Morgan fingerprint density at radius 3 is 2.67 bits per heavy atom. The molecule has 0 bridgehead atoms. The number of hydrogen-bond acceptors (Lipinski definition) is 5. The van der Waals surface area contributed by atoms with E-state index in [4.69, 9.17) is 10.8 Å². The summed E-state index contributed by atoms with van der Waals surface area (Å²) in [6, 6.07) is 12.1. The molecule has 6 nitrogen and oxygen atoms in total. The number of amides is 2. The van der Waals surface area contributed by atoms with E-state index in [1.165, 1.54) is 4.90 Å². The lowest BCUT2D eigenvalue weighted by molar-refractivity contribution is -0.138. The van der Waals surface area contributed by atoms with Crippen LogP contribution < -0.4 is 10.6 Å². The van der Waals surface area contributed by atoms with Crippen LogP contribution in [0.15, 0.2) is 42.5 Å². The van der Waals surface area contributed by atoms with Crippen LogP contribution in [0.2, 0.25) is 0 Å². The molecule has 2 atom stereocenters. The third-order valence-electron chi connectivity index (χ3n) is 3.89. The highest BCUT2D eigenvalue weighted by Crippen LogP contribution is 2.31. The lowest BCUT2D eigenvalue weighted by atomic mass is 10.1. The van der Waals surface area contributed by atoms with Crippen LogP contribution in [0.5, 0.6) is 0 Å². The van der Waals surface area contributed by atoms with E-state index in [0.29, 0.717) is 5.69 Å². The minimum Gasteiger partial charge on any atom is -0.480 e. The van der Waals surface area contributed by atoms with Crippen molar-refractivity contribution in [1.29, 1.82) is 0 Å². The predicted octanol–water partition coefficient (Wildman–Crippen LogP) is 1.62. The van der Waals surface area contributed by atoms with Crippen LogP contribution >= 0.6 is 11.8 Å². The standard InChI is InChI=1S/C17H16N2O4S/c18-13(17(22)23)9-24-14-8-15(20)19(16(14)21)12-6-5-10-3-1-2-4-11(10)7-12/h1-7,13-14H,8-9,18H2,(H,22,23). The summed E-state index contributed by atoms with van der Waals surface area (Å²) >= 11 is 1.12. The van der Waals surface area contributed by atoms with Crippen molar-refractivity contribution in [2.45, 2.75) is 17.7 Å². The maximum Gasteiger partial charge on any atom is 0.321 e. The molecular weight excluding hydrogens is 328 g/mol. The molecule has 3 rings (SSSR count). The Bertz CT molecular complexity index is 823. The fraction of sp³-hybridized carbons (Fsp3) is 0.235. The van der Waals surface area contributed by atoms with Crippen molar-refractivity contribution in [3.63, 3.8) is 0 Å². The zero-order chi connectivity index (χ0) is 17.3. The van der Waals surface area contributed by atoms with Crippen molar-refractivity contribution < 1.29 is 19.5 Å². The molecule has 2 unspecified atom stereocenters. The molecule has 0 aromatic heterocycles. The number of thioether (sulfide) groups is 1. The molecule has 24 heavy (non-hydrogen) atoms. The van der Waals surface area contributed by atoms with E-state index in [1.54, 1.807) is 12.1 Å². The lowest BCUT2D eigenvalue weighted by Gasteiger charge is -2.16. The average molecular weight is 344 g/mol. The Morgan fingerprint density at radius 1 is 1.25 bits per heavy atom. The van der Waals surface area contributed by atoms with E-state index in [2.05, 4.69) is 0 Å². The van der Waals surface area contributed by atoms with Crippen LogP contribution in [0.1, 0.15) is 6.42 Å². The van der Waals surface area contributed by atoms with Crippen LogP contribution in [-0.2, 0) is 14.4 Å². The second-order valence-electron chi connectivity index (χ2n) is 5.57. The fourth-order valence-corrected chi connectivity index (χ4v) is 3.70. The highest BCUT2D eigenvalue weighted by atomic mass is 32.2. The third kappa shape index (κ3) is 3.13. The van der Waals surface area contributed by atoms with Crippen molar-refractivity contribution in [2.75, 3.05) is 10.7 Å². The molecule has 2 amide bonds. The lowest BCUT2D eigenvalue weighted by Crippen LogP contribution is -2.35. The summed E-state index contributed by atoms with van der Waals surface area (Å²) in [5, 5.41) is 10.2. The summed E-state index contributed by atoms with van der Waals surface area (Å²) in [4.78, 5) is 36.7. The molecule has 0 spiro atoms. The molecule has 1 aliphatic rings. The van der Waals surface area contributed by atoms with Gasteiger partial charge in [-0.25, -0.2) is 4.90 Å². The molecule has 0 radical (unpaired) electrons. The Morgan fingerprint density at radius 2 is 1.96 bits per heavy atom. The Hall–Kier alpha value is -2.38. The number of nitrogens with two attached hydrogens (primary N) is 1. The molecule has 3 N–H and O–H groups in total.